The first-order valence-electron chi connectivity index (χ1n) is 3.42. The minimum absolute atomic E-state index is 0.0660. The number of nitrogens with zero attached hydrogens (tertiary/aromatic N) is 2. The van der Waals surface area contributed by atoms with Crippen LogP contribution in [-0.4, -0.2) is 14.9 Å². The summed E-state index contributed by atoms with van der Waals surface area (Å²) in [5.41, 5.74) is 0.838. The molecule has 1 aromatic heterocycles. The molecule has 1 N–H and O–H groups in total. The highest BCUT2D eigenvalue weighted by Gasteiger charge is 1.91. The molecule has 0 aromatic carbocycles. The standard InChI is InChI=1S/C5H8N2O.C2H6/c1-7-5(4-8)2-3-6-7;1-2/h2-3,8H,4H2,1H3;1-2H3. The maximum absolute atomic E-state index is 8.55. The number of aliphatic hydroxyl groups is 1. The molecule has 3 heteroatoms. The largest absolute Gasteiger partial charge is 0.390 e. The average molecular weight is 142 g/mol. The van der Waals surface area contributed by atoms with Gasteiger partial charge in [0.15, 0.2) is 0 Å². The molecule has 0 atom stereocenters. The van der Waals surface area contributed by atoms with E-state index in [2.05, 4.69) is 5.10 Å². The molecule has 0 aliphatic heterocycles. The third-order valence-electron chi connectivity index (χ3n) is 1.08. The second-order valence-corrected chi connectivity index (χ2v) is 1.60. The van der Waals surface area contributed by atoms with E-state index in [1.807, 2.05) is 13.8 Å². The van der Waals surface area contributed by atoms with Gasteiger partial charge in [0, 0.05) is 13.2 Å². The summed E-state index contributed by atoms with van der Waals surface area (Å²) >= 11 is 0. The third-order valence-corrected chi connectivity index (χ3v) is 1.08. The number of aromatic nitrogens is 2. The zero-order valence-corrected chi connectivity index (χ0v) is 6.70. The molecule has 0 fully saturated rings. The molecule has 0 aliphatic carbocycles. The Kier molecular flexibility index (Phi) is 4.58. The third kappa shape index (κ3) is 2.19. The molecule has 0 aliphatic rings. The highest BCUT2D eigenvalue weighted by molar-refractivity contribution is 4.96. The quantitative estimate of drug-likeness (QED) is 0.633. The van der Waals surface area contributed by atoms with E-state index in [1.54, 1.807) is 24.0 Å². The predicted octanol–water partition coefficient (Wildman–Crippen LogP) is 0.939. The summed E-state index contributed by atoms with van der Waals surface area (Å²) in [4.78, 5) is 0. The van der Waals surface area contributed by atoms with Crippen molar-refractivity contribution in [3.63, 3.8) is 0 Å². The van der Waals surface area contributed by atoms with Crippen LogP contribution in [0.3, 0.4) is 0 Å². The Balaban J connectivity index is 0.000000371. The van der Waals surface area contributed by atoms with Crippen LogP contribution in [0.4, 0.5) is 0 Å². The fraction of sp³-hybridized carbons (Fsp3) is 0.571. The molecule has 1 rings (SSSR count). The van der Waals surface area contributed by atoms with E-state index in [1.165, 1.54) is 0 Å². The molecule has 0 unspecified atom stereocenters. The molecule has 0 spiro atoms. The molecule has 1 aromatic rings. The maximum Gasteiger partial charge on any atom is 0.0849 e. The Morgan fingerprint density at radius 1 is 1.60 bits per heavy atom. The minimum atomic E-state index is 0.0660. The van der Waals surface area contributed by atoms with E-state index in [-0.39, 0.29) is 6.61 Å². The second-order valence-electron chi connectivity index (χ2n) is 1.60. The Hall–Kier alpha value is -0.830. The number of rotatable bonds is 1. The van der Waals surface area contributed by atoms with Gasteiger partial charge in [0.25, 0.3) is 0 Å². The fourth-order valence-electron chi connectivity index (χ4n) is 0.556. The van der Waals surface area contributed by atoms with Gasteiger partial charge in [-0.05, 0) is 6.07 Å². The molecule has 0 saturated carbocycles. The summed E-state index contributed by atoms with van der Waals surface area (Å²) in [5.74, 6) is 0. The van der Waals surface area contributed by atoms with E-state index < -0.39 is 0 Å². The Bertz CT molecular complexity index is 172. The summed E-state index contributed by atoms with van der Waals surface area (Å²) in [6.07, 6.45) is 1.66. The van der Waals surface area contributed by atoms with E-state index in [0.717, 1.165) is 5.69 Å². The summed E-state index contributed by atoms with van der Waals surface area (Å²) < 4.78 is 1.64. The van der Waals surface area contributed by atoms with Crippen LogP contribution in [0, 0.1) is 0 Å². The first-order chi connectivity index (χ1) is 4.84. The van der Waals surface area contributed by atoms with Gasteiger partial charge in [-0.25, -0.2) is 0 Å². The lowest BCUT2D eigenvalue weighted by Crippen LogP contribution is -1.96. The van der Waals surface area contributed by atoms with Gasteiger partial charge in [-0.3, -0.25) is 4.68 Å². The Morgan fingerprint density at radius 3 is 2.40 bits per heavy atom. The summed E-state index contributed by atoms with van der Waals surface area (Å²) in [6, 6.07) is 1.78. The molecule has 3 nitrogen and oxygen atoms in total. The fourth-order valence-corrected chi connectivity index (χ4v) is 0.556. The van der Waals surface area contributed by atoms with Crippen molar-refractivity contribution in [3.8, 4) is 0 Å². The number of aryl methyl sites for hydroxylation is 1. The monoisotopic (exact) mass is 142 g/mol. The highest BCUT2D eigenvalue weighted by atomic mass is 16.3. The SMILES string of the molecule is CC.Cn1nccc1CO. The average Bonchev–Trinajstić information content (AvgIpc) is 2.39. The number of hydrogen-bond acceptors (Lipinski definition) is 2. The molecule has 0 amide bonds. The van der Waals surface area contributed by atoms with Crippen LogP contribution < -0.4 is 0 Å². The molecule has 0 radical (unpaired) electrons. The van der Waals surface area contributed by atoms with Crippen molar-refractivity contribution in [2.75, 3.05) is 0 Å². The van der Waals surface area contributed by atoms with E-state index in [0.29, 0.717) is 0 Å². The summed E-state index contributed by atoms with van der Waals surface area (Å²) in [6.45, 7) is 4.07. The van der Waals surface area contributed by atoms with Crippen molar-refractivity contribution in [2.45, 2.75) is 20.5 Å². The van der Waals surface area contributed by atoms with Crippen molar-refractivity contribution < 1.29 is 5.11 Å². The first kappa shape index (κ1) is 9.17. The van der Waals surface area contributed by atoms with Gasteiger partial charge in [0.2, 0.25) is 0 Å². The van der Waals surface area contributed by atoms with Crippen LogP contribution in [0.25, 0.3) is 0 Å². The van der Waals surface area contributed by atoms with Crippen molar-refractivity contribution in [1.82, 2.24) is 9.78 Å². The van der Waals surface area contributed by atoms with Crippen LogP contribution in [-0.2, 0) is 13.7 Å². The zero-order chi connectivity index (χ0) is 7.98. The maximum atomic E-state index is 8.55. The molecule has 0 saturated heterocycles. The highest BCUT2D eigenvalue weighted by Crippen LogP contribution is 1.92. The van der Waals surface area contributed by atoms with E-state index in [9.17, 15) is 0 Å². The minimum Gasteiger partial charge on any atom is -0.390 e. The summed E-state index contributed by atoms with van der Waals surface area (Å²) in [5, 5.41) is 12.4. The van der Waals surface area contributed by atoms with Crippen LogP contribution in [0.5, 0.6) is 0 Å². The molecule has 0 bridgehead atoms. The van der Waals surface area contributed by atoms with Gasteiger partial charge in [-0.1, -0.05) is 13.8 Å². The van der Waals surface area contributed by atoms with Crippen LogP contribution in [0.1, 0.15) is 19.5 Å². The van der Waals surface area contributed by atoms with Crippen molar-refractivity contribution in [2.24, 2.45) is 7.05 Å². The zero-order valence-electron chi connectivity index (χ0n) is 6.70. The molecular formula is C7H14N2O. The lowest BCUT2D eigenvalue weighted by molar-refractivity contribution is 0.270. The van der Waals surface area contributed by atoms with Gasteiger partial charge in [-0.15, -0.1) is 0 Å². The number of hydrogen-bond donors (Lipinski definition) is 1. The topological polar surface area (TPSA) is 38.0 Å². The van der Waals surface area contributed by atoms with Gasteiger partial charge in [0.05, 0.1) is 12.3 Å². The van der Waals surface area contributed by atoms with Crippen LogP contribution >= 0.6 is 0 Å². The lowest BCUT2D eigenvalue weighted by Gasteiger charge is -1.92. The molecule has 1 heterocycles. The van der Waals surface area contributed by atoms with Crippen LogP contribution in [0.15, 0.2) is 12.3 Å². The van der Waals surface area contributed by atoms with Gasteiger partial charge in [0.1, 0.15) is 0 Å². The first-order valence-corrected chi connectivity index (χ1v) is 3.42. The number of aliphatic hydroxyl groups excluding tert-OH is 1. The lowest BCUT2D eigenvalue weighted by atomic mass is 10.5. The Morgan fingerprint density at radius 2 is 2.20 bits per heavy atom. The van der Waals surface area contributed by atoms with E-state index >= 15 is 0 Å². The van der Waals surface area contributed by atoms with E-state index in [4.69, 9.17) is 5.11 Å². The molecule has 58 valence electrons. The normalized spacial score (nSPS) is 8.40. The van der Waals surface area contributed by atoms with Crippen molar-refractivity contribution in [3.05, 3.63) is 18.0 Å². The second kappa shape index (κ2) is 4.99. The molecule has 10 heavy (non-hydrogen) atoms. The summed E-state index contributed by atoms with van der Waals surface area (Å²) in [7, 11) is 1.80. The predicted molar refractivity (Wildman–Crippen MR) is 40.5 cm³/mol. The Labute approximate surface area is 61.3 Å². The molecular weight excluding hydrogens is 128 g/mol. The van der Waals surface area contributed by atoms with Crippen LogP contribution in [0.2, 0.25) is 0 Å². The van der Waals surface area contributed by atoms with Crippen molar-refractivity contribution >= 4 is 0 Å². The smallest absolute Gasteiger partial charge is 0.0849 e. The van der Waals surface area contributed by atoms with Gasteiger partial charge in [-0.2, -0.15) is 5.10 Å². The van der Waals surface area contributed by atoms with Gasteiger partial charge >= 0.3 is 0 Å². The van der Waals surface area contributed by atoms with Gasteiger partial charge < -0.3 is 5.11 Å². The van der Waals surface area contributed by atoms with Crippen molar-refractivity contribution in [1.29, 1.82) is 0 Å².